The van der Waals surface area contributed by atoms with Crippen molar-refractivity contribution in [3.05, 3.63) is 29.8 Å². The molecule has 2 saturated heterocycles. The molecule has 1 aromatic carbocycles. The van der Waals surface area contributed by atoms with Crippen LogP contribution in [0.4, 0.5) is 8.78 Å². The predicted octanol–water partition coefficient (Wildman–Crippen LogP) is 1.24. The Morgan fingerprint density at radius 3 is 2.54 bits per heavy atom. The highest BCUT2D eigenvalue weighted by Crippen LogP contribution is 2.36. The number of rotatable bonds is 5. The zero-order valence-corrected chi connectivity index (χ0v) is 15.2. The van der Waals surface area contributed by atoms with Crippen LogP contribution in [-0.4, -0.2) is 51.9 Å². The van der Waals surface area contributed by atoms with Crippen LogP contribution in [0.5, 0.6) is 0 Å². The number of piperidine rings is 1. The quantitative estimate of drug-likeness (QED) is 0.797. The molecular weight excluding hydrogens is 364 g/mol. The first-order chi connectivity index (χ1) is 12.3. The second-order valence-electron chi connectivity index (χ2n) is 7.03. The summed E-state index contributed by atoms with van der Waals surface area (Å²) in [6.07, 6.45) is 3.11. The highest BCUT2D eigenvalue weighted by atomic mass is 32.2. The third-order valence-electron chi connectivity index (χ3n) is 5.34. The Morgan fingerprint density at radius 2 is 1.92 bits per heavy atom. The first-order valence-corrected chi connectivity index (χ1v) is 10.2. The number of nitrogens with zero attached hydrogens (tertiary/aromatic N) is 1. The minimum absolute atomic E-state index is 0.0359. The summed E-state index contributed by atoms with van der Waals surface area (Å²) in [7, 11) is -3.98. The maximum Gasteiger partial charge on any atom is 0.240 e. The van der Waals surface area contributed by atoms with E-state index in [1.165, 1.54) is 0 Å². The van der Waals surface area contributed by atoms with E-state index in [4.69, 9.17) is 0 Å². The van der Waals surface area contributed by atoms with Gasteiger partial charge in [0.05, 0.1) is 4.90 Å². The topological polar surface area (TPSA) is 78.5 Å². The Bertz CT molecular complexity index is 769. The molecular formula is C17H23F2N3O3S. The van der Waals surface area contributed by atoms with E-state index in [0.717, 1.165) is 44.5 Å². The van der Waals surface area contributed by atoms with Gasteiger partial charge in [-0.25, -0.2) is 21.9 Å². The third kappa shape index (κ3) is 4.21. The van der Waals surface area contributed by atoms with E-state index in [1.807, 2.05) is 0 Å². The standard InChI is InChI=1S/C17H23F2N3O3S/c18-14-2-1-13(11-15(14)19)26(24,25)21-7-3-16(23)22-9-5-17(6-10-22)4-8-20-12-17/h1-2,11,20-21H,3-10,12H2. The number of carbonyl (C=O) groups is 1. The fourth-order valence-corrected chi connectivity index (χ4v) is 4.67. The van der Waals surface area contributed by atoms with Gasteiger partial charge in [0, 0.05) is 32.6 Å². The molecule has 3 rings (SSSR count). The Kier molecular flexibility index (Phi) is 5.59. The van der Waals surface area contributed by atoms with Gasteiger partial charge in [-0.15, -0.1) is 0 Å². The molecule has 0 aliphatic carbocycles. The molecule has 0 unspecified atom stereocenters. The van der Waals surface area contributed by atoms with E-state index in [0.29, 0.717) is 24.6 Å². The smallest absolute Gasteiger partial charge is 0.240 e. The van der Waals surface area contributed by atoms with Crippen LogP contribution < -0.4 is 10.0 Å². The molecule has 2 aliphatic heterocycles. The fourth-order valence-electron chi connectivity index (χ4n) is 3.63. The molecule has 0 radical (unpaired) electrons. The minimum atomic E-state index is -3.98. The molecule has 2 heterocycles. The van der Waals surface area contributed by atoms with Crippen LogP contribution in [0.1, 0.15) is 25.7 Å². The van der Waals surface area contributed by atoms with Crippen LogP contribution in [0, 0.1) is 17.0 Å². The summed E-state index contributed by atoms with van der Waals surface area (Å²) >= 11 is 0. The van der Waals surface area contributed by atoms with Crippen LogP contribution in [0.2, 0.25) is 0 Å². The molecule has 26 heavy (non-hydrogen) atoms. The fraction of sp³-hybridized carbons (Fsp3) is 0.588. The van der Waals surface area contributed by atoms with Gasteiger partial charge in [-0.1, -0.05) is 0 Å². The van der Waals surface area contributed by atoms with Crippen LogP contribution >= 0.6 is 0 Å². The van der Waals surface area contributed by atoms with E-state index < -0.39 is 21.7 Å². The number of benzene rings is 1. The van der Waals surface area contributed by atoms with Gasteiger partial charge in [-0.3, -0.25) is 4.79 Å². The third-order valence-corrected chi connectivity index (χ3v) is 6.80. The lowest BCUT2D eigenvalue weighted by Gasteiger charge is -2.39. The van der Waals surface area contributed by atoms with Gasteiger partial charge < -0.3 is 10.2 Å². The van der Waals surface area contributed by atoms with E-state index >= 15 is 0 Å². The van der Waals surface area contributed by atoms with Crippen molar-refractivity contribution in [3.63, 3.8) is 0 Å². The van der Waals surface area contributed by atoms with E-state index in [9.17, 15) is 22.0 Å². The van der Waals surface area contributed by atoms with Crippen LogP contribution in [-0.2, 0) is 14.8 Å². The van der Waals surface area contributed by atoms with Gasteiger partial charge in [0.25, 0.3) is 0 Å². The van der Waals surface area contributed by atoms with Crippen molar-refractivity contribution in [2.24, 2.45) is 5.41 Å². The summed E-state index contributed by atoms with van der Waals surface area (Å²) in [5.41, 5.74) is 0.311. The largest absolute Gasteiger partial charge is 0.343 e. The number of hydrogen-bond donors (Lipinski definition) is 2. The number of halogens is 2. The van der Waals surface area contributed by atoms with E-state index in [-0.39, 0.29) is 23.8 Å². The maximum atomic E-state index is 13.2. The summed E-state index contributed by atoms with van der Waals surface area (Å²) in [5, 5.41) is 3.37. The van der Waals surface area contributed by atoms with Crippen molar-refractivity contribution in [2.45, 2.75) is 30.6 Å². The molecule has 0 atom stereocenters. The minimum Gasteiger partial charge on any atom is -0.343 e. The number of hydrogen-bond acceptors (Lipinski definition) is 4. The lowest BCUT2D eigenvalue weighted by atomic mass is 9.78. The first kappa shape index (κ1) is 19.2. The van der Waals surface area contributed by atoms with Gasteiger partial charge in [0.15, 0.2) is 11.6 Å². The molecule has 6 nitrogen and oxygen atoms in total. The molecule has 1 aromatic rings. The van der Waals surface area contributed by atoms with Crippen molar-refractivity contribution in [1.29, 1.82) is 0 Å². The molecule has 9 heteroatoms. The first-order valence-electron chi connectivity index (χ1n) is 8.75. The Morgan fingerprint density at radius 1 is 1.19 bits per heavy atom. The molecule has 0 saturated carbocycles. The number of amides is 1. The van der Waals surface area contributed by atoms with Gasteiger partial charge in [-0.05, 0) is 49.4 Å². The number of sulfonamides is 1. The van der Waals surface area contributed by atoms with Crippen LogP contribution in [0.25, 0.3) is 0 Å². The number of carbonyl (C=O) groups excluding carboxylic acids is 1. The van der Waals surface area contributed by atoms with Gasteiger partial charge in [-0.2, -0.15) is 0 Å². The lowest BCUT2D eigenvalue weighted by molar-refractivity contribution is -0.133. The van der Waals surface area contributed by atoms with Gasteiger partial charge in [0.1, 0.15) is 0 Å². The average molecular weight is 387 g/mol. The summed E-state index contributed by atoms with van der Waals surface area (Å²) in [6, 6.07) is 2.37. The number of nitrogens with one attached hydrogen (secondary N) is 2. The normalized spacial score (nSPS) is 19.8. The molecule has 0 bridgehead atoms. The van der Waals surface area contributed by atoms with E-state index in [2.05, 4.69) is 10.0 Å². The summed E-state index contributed by atoms with van der Waals surface area (Å²) < 4.78 is 52.6. The van der Waals surface area contributed by atoms with Crippen molar-refractivity contribution in [2.75, 3.05) is 32.7 Å². The van der Waals surface area contributed by atoms with Gasteiger partial charge in [0.2, 0.25) is 15.9 Å². The maximum absolute atomic E-state index is 13.2. The predicted molar refractivity (Wildman–Crippen MR) is 91.9 cm³/mol. The Labute approximate surface area is 152 Å². The Balaban J connectivity index is 1.48. The van der Waals surface area contributed by atoms with Crippen molar-refractivity contribution >= 4 is 15.9 Å². The molecule has 2 fully saturated rings. The SMILES string of the molecule is O=C(CCNS(=O)(=O)c1ccc(F)c(F)c1)N1CCC2(CCNC2)CC1. The second kappa shape index (κ2) is 7.58. The van der Waals surface area contributed by atoms with Crippen molar-refractivity contribution in [3.8, 4) is 0 Å². The lowest BCUT2D eigenvalue weighted by Crippen LogP contribution is -2.44. The number of likely N-dealkylation sites (tertiary alicyclic amines) is 1. The Hall–Kier alpha value is -1.58. The highest BCUT2D eigenvalue weighted by molar-refractivity contribution is 7.89. The zero-order chi connectivity index (χ0) is 18.8. The van der Waals surface area contributed by atoms with E-state index in [1.54, 1.807) is 4.90 Å². The molecule has 1 amide bonds. The van der Waals surface area contributed by atoms with Crippen LogP contribution in [0.15, 0.2) is 23.1 Å². The van der Waals surface area contributed by atoms with Crippen molar-refractivity contribution < 1.29 is 22.0 Å². The molecule has 1 spiro atoms. The van der Waals surface area contributed by atoms with Gasteiger partial charge >= 0.3 is 0 Å². The summed E-state index contributed by atoms with van der Waals surface area (Å²) in [4.78, 5) is 13.7. The molecule has 144 valence electrons. The molecule has 2 aliphatic rings. The monoisotopic (exact) mass is 387 g/mol. The summed E-state index contributed by atoms with van der Waals surface area (Å²) in [6.45, 7) is 3.33. The second-order valence-corrected chi connectivity index (χ2v) is 8.80. The van der Waals surface area contributed by atoms with Crippen molar-refractivity contribution in [1.82, 2.24) is 14.9 Å². The average Bonchev–Trinajstić information content (AvgIpc) is 3.05. The van der Waals surface area contributed by atoms with Crippen LogP contribution in [0.3, 0.4) is 0 Å². The molecule has 0 aromatic heterocycles. The molecule has 2 N–H and O–H groups in total. The highest BCUT2D eigenvalue weighted by Gasteiger charge is 2.37. The zero-order valence-electron chi connectivity index (χ0n) is 14.4. The summed E-state index contributed by atoms with van der Waals surface area (Å²) in [5.74, 6) is -2.44.